The molecule has 2 aromatic rings. The van der Waals surface area contributed by atoms with Gasteiger partial charge >= 0.3 is 0 Å². The van der Waals surface area contributed by atoms with Crippen LogP contribution in [-0.4, -0.2) is 42.5 Å². The highest BCUT2D eigenvalue weighted by molar-refractivity contribution is 9.10. The summed E-state index contributed by atoms with van der Waals surface area (Å²) < 4.78 is 31.9. The molecule has 0 radical (unpaired) electrons. The molecule has 0 fully saturated rings. The topological polar surface area (TPSA) is 113 Å². The average molecular weight is 452 g/mol. The zero-order valence-corrected chi connectivity index (χ0v) is 16.9. The minimum atomic E-state index is -4.08. The van der Waals surface area contributed by atoms with Crippen LogP contribution in [-0.2, 0) is 26.9 Å². The molecule has 142 valence electrons. The molecule has 1 heterocycles. The van der Waals surface area contributed by atoms with E-state index >= 15 is 0 Å². The van der Waals surface area contributed by atoms with E-state index in [1.807, 2.05) is 6.07 Å². The Morgan fingerprint density at radius 2 is 1.81 bits per heavy atom. The number of aliphatic imine (C=N–C) groups is 1. The molecule has 2 aromatic carbocycles. The lowest BCUT2D eigenvalue weighted by atomic mass is 9.82. The predicted molar refractivity (Wildman–Crippen MR) is 106 cm³/mol. The molecule has 0 saturated carbocycles. The number of likely N-dealkylation sites (N-methyl/N-ethyl adjacent to an activating group) is 1. The zero-order chi connectivity index (χ0) is 19.8. The Hall–Kier alpha value is -2.23. The first-order chi connectivity index (χ1) is 12.6. The third-order valence-corrected chi connectivity index (χ3v) is 5.69. The number of carbonyl (C=O) groups excluding carboxylic acids is 1. The molecule has 1 amide bonds. The van der Waals surface area contributed by atoms with Gasteiger partial charge in [0, 0.05) is 11.5 Å². The number of aryl methyl sites for hydroxylation is 1. The van der Waals surface area contributed by atoms with Gasteiger partial charge in [0.2, 0.25) is 0 Å². The van der Waals surface area contributed by atoms with E-state index in [0.717, 1.165) is 4.47 Å². The number of hydrogen-bond acceptors (Lipinski definition) is 5. The Kier molecular flexibility index (Phi) is 5.11. The van der Waals surface area contributed by atoms with Gasteiger partial charge in [-0.15, -0.1) is 0 Å². The molecular weight excluding hydrogens is 434 g/mol. The van der Waals surface area contributed by atoms with Crippen molar-refractivity contribution in [3.05, 3.63) is 69.7 Å². The lowest BCUT2D eigenvalue weighted by molar-refractivity contribution is -0.129. The minimum absolute atomic E-state index is 0.100. The van der Waals surface area contributed by atoms with Crippen molar-refractivity contribution in [2.45, 2.75) is 12.0 Å². The molecule has 0 saturated heterocycles. The van der Waals surface area contributed by atoms with Gasteiger partial charge in [0.05, 0.1) is 5.75 Å². The molecule has 27 heavy (non-hydrogen) atoms. The van der Waals surface area contributed by atoms with E-state index in [9.17, 15) is 13.2 Å². The second-order valence-corrected chi connectivity index (χ2v) is 8.78. The van der Waals surface area contributed by atoms with Gasteiger partial charge in [-0.25, -0.2) is 4.99 Å². The fourth-order valence-corrected chi connectivity index (χ4v) is 3.99. The van der Waals surface area contributed by atoms with Crippen LogP contribution in [0.5, 0.6) is 0 Å². The first kappa shape index (κ1) is 19.5. The highest BCUT2D eigenvalue weighted by atomic mass is 79.9. The number of benzene rings is 2. The first-order valence-electron chi connectivity index (χ1n) is 8.07. The summed E-state index contributed by atoms with van der Waals surface area (Å²) in [6.45, 7) is 0. The Balaban J connectivity index is 2.15. The summed E-state index contributed by atoms with van der Waals surface area (Å²) in [7, 11) is -2.53. The smallest absolute Gasteiger partial charge is 0.266 e. The highest BCUT2D eigenvalue weighted by Gasteiger charge is 2.49. The molecule has 3 rings (SSSR count). The van der Waals surface area contributed by atoms with Crippen LogP contribution in [0.3, 0.4) is 0 Å². The molecule has 1 unspecified atom stereocenters. The quantitative estimate of drug-likeness (QED) is 0.673. The van der Waals surface area contributed by atoms with Crippen molar-refractivity contribution >= 4 is 37.9 Å². The largest absolute Gasteiger partial charge is 0.369 e. The number of guanidine groups is 1. The van der Waals surface area contributed by atoms with E-state index in [2.05, 4.69) is 20.9 Å². The Morgan fingerprint density at radius 1 is 1.19 bits per heavy atom. The van der Waals surface area contributed by atoms with Crippen LogP contribution in [0.15, 0.2) is 58.0 Å². The van der Waals surface area contributed by atoms with Crippen molar-refractivity contribution in [2.24, 2.45) is 10.7 Å². The Morgan fingerprint density at radius 3 is 2.37 bits per heavy atom. The zero-order valence-electron chi connectivity index (χ0n) is 14.5. The Labute approximate surface area is 165 Å². The van der Waals surface area contributed by atoms with E-state index in [0.29, 0.717) is 16.7 Å². The van der Waals surface area contributed by atoms with Gasteiger partial charge in [-0.3, -0.25) is 14.2 Å². The molecule has 0 aromatic heterocycles. The van der Waals surface area contributed by atoms with Crippen LogP contribution in [0.25, 0.3) is 0 Å². The number of nitrogens with two attached hydrogens (primary N) is 1. The van der Waals surface area contributed by atoms with E-state index in [1.54, 1.807) is 49.5 Å². The van der Waals surface area contributed by atoms with Gasteiger partial charge in [0.1, 0.15) is 0 Å². The van der Waals surface area contributed by atoms with Crippen LogP contribution < -0.4 is 5.73 Å². The van der Waals surface area contributed by atoms with Crippen LogP contribution in [0, 0.1) is 0 Å². The molecule has 1 aliphatic rings. The van der Waals surface area contributed by atoms with Crippen LogP contribution >= 0.6 is 15.9 Å². The van der Waals surface area contributed by atoms with E-state index in [1.165, 1.54) is 4.90 Å². The molecular formula is C18H18BrN3O4S. The van der Waals surface area contributed by atoms with Crippen molar-refractivity contribution in [3.63, 3.8) is 0 Å². The van der Waals surface area contributed by atoms with Gasteiger partial charge in [0.25, 0.3) is 16.0 Å². The number of nitrogens with zero attached hydrogens (tertiary/aromatic N) is 2. The number of hydrogen-bond donors (Lipinski definition) is 2. The predicted octanol–water partition coefficient (Wildman–Crippen LogP) is 1.91. The van der Waals surface area contributed by atoms with Crippen LogP contribution in [0.4, 0.5) is 0 Å². The lowest BCUT2D eigenvalue weighted by Crippen LogP contribution is -2.41. The van der Waals surface area contributed by atoms with Gasteiger partial charge in [-0.2, -0.15) is 8.42 Å². The molecule has 0 bridgehead atoms. The van der Waals surface area contributed by atoms with E-state index in [4.69, 9.17) is 10.3 Å². The van der Waals surface area contributed by atoms with Gasteiger partial charge in [0.15, 0.2) is 11.5 Å². The first-order valence-corrected chi connectivity index (χ1v) is 10.5. The van der Waals surface area contributed by atoms with Crippen molar-refractivity contribution in [3.8, 4) is 0 Å². The maximum absolute atomic E-state index is 13.2. The number of amides is 1. The summed E-state index contributed by atoms with van der Waals surface area (Å²) in [4.78, 5) is 19.0. The van der Waals surface area contributed by atoms with Gasteiger partial charge in [-0.05, 0) is 35.2 Å². The monoisotopic (exact) mass is 451 g/mol. The molecule has 1 atom stereocenters. The number of halogens is 1. The van der Waals surface area contributed by atoms with Crippen molar-refractivity contribution in [1.29, 1.82) is 0 Å². The highest BCUT2D eigenvalue weighted by Crippen LogP contribution is 2.40. The fourth-order valence-electron chi connectivity index (χ4n) is 3.10. The summed E-state index contributed by atoms with van der Waals surface area (Å²) >= 11 is 3.42. The molecule has 0 spiro atoms. The maximum Gasteiger partial charge on any atom is 0.266 e. The lowest BCUT2D eigenvalue weighted by Gasteiger charge is -2.26. The van der Waals surface area contributed by atoms with E-state index < -0.39 is 21.4 Å². The third-order valence-electron chi connectivity index (χ3n) is 4.48. The van der Waals surface area contributed by atoms with Gasteiger partial charge < -0.3 is 5.73 Å². The summed E-state index contributed by atoms with van der Waals surface area (Å²) in [6, 6.07) is 14.2. The van der Waals surface area contributed by atoms with Gasteiger partial charge in [-0.1, -0.05) is 52.3 Å². The second-order valence-electron chi connectivity index (χ2n) is 6.29. The molecule has 1 aliphatic heterocycles. The van der Waals surface area contributed by atoms with E-state index in [-0.39, 0.29) is 18.3 Å². The fraction of sp³-hybridized carbons (Fsp3) is 0.222. The van der Waals surface area contributed by atoms with Crippen molar-refractivity contribution < 1.29 is 17.8 Å². The number of carbonyl (C=O) groups is 1. The Bertz CT molecular complexity index is 1040. The summed E-state index contributed by atoms with van der Waals surface area (Å²) in [6.07, 6.45) is 0.116. The van der Waals surface area contributed by atoms with Crippen LogP contribution in [0.1, 0.15) is 16.7 Å². The standard InChI is InChI=1S/C18H18BrN3O4S/c1-22-16(23)18(21-17(22)20,14-6-3-7-15(19)11-14)13-5-2-4-12(10-13)8-9-27(24,25)26/h2-7,10-11H,8-9H2,1H3,(H2,20,21)(H,24,25,26). The molecule has 3 N–H and O–H groups in total. The minimum Gasteiger partial charge on any atom is -0.369 e. The summed E-state index contributed by atoms with van der Waals surface area (Å²) in [5.41, 5.74) is 6.47. The molecule has 0 aliphatic carbocycles. The average Bonchev–Trinajstić information content (AvgIpc) is 2.85. The molecule has 7 nitrogen and oxygen atoms in total. The summed E-state index contributed by atoms with van der Waals surface area (Å²) in [5, 5.41) is 0. The molecule has 9 heteroatoms. The van der Waals surface area contributed by atoms with Crippen molar-refractivity contribution in [1.82, 2.24) is 4.90 Å². The van der Waals surface area contributed by atoms with Crippen molar-refractivity contribution in [2.75, 3.05) is 12.8 Å². The summed E-state index contributed by atoms with van der Waals surface area (Å²) in [5.74, 6) is -0.604. The maximum atomic E-state index is 13.2. The number of rotatable bonds is 5. The normalized spacial score (nSPS) is 20.0. The SMILES string of the molecule is CN1C(=O)C(c2cccc(Br)c2)(c2cccc(CCS(=O)(=O)O)c2)N=C1N. The second kappa shape index (κ2) is 7.06. The third kappa shape index (κ3) is 3.76. The van der Waals surface area contributed by atoms with Crippen LogP contribution in [0.2, 0.25) is 0 Å².